The molecule has 0 radical (unpaired) electrons. The van der Waals surface area contributed by atoms with Gasteiger partial charge in [0.2, 0.25) is 0 Å². The Hall–Kier alpha value is -0.570. The van der Waals surface area contributed by atoms with E-state index in [0.717, 1.165) is 12.8 Å². The topological polar surface area (TPSA) is 46.5 Å². The van der Waals surface area contributed by atoms with Gasteiger partial charge in [-0.05, 0) is 24.7 Å². The second-order valence-electron chi connectivity index (χ2n) is 3.17. The SMILES string of the molecule is COC(=O)CC1CC(CO)C1. The van der Waals surface area contributed by atoms with Gasteiger partial charge in [-0.1, -0.05) is 0 Å². The molecule has 0 aromatic heterocycles. The lowest BCUT2D eigenvalue weighted by Gasteiger charge is -2.33. The van der Waals surface area contributed by atoms with E-state index >= 15 is 0 Å². The Labute approximate surface area is 66.4 Å². The smallest absolute Gasteiger partial charge is 0.305 e. The molecule has 0 aromatic rings. The lowest BCUT2D eigenvalue weighted by Crippen LogP contribution is -2.28. The van der Waals surface area contributed by atoms with E-state index in [-0.39, 0.29) is 12.6 Å². The molecule has 1 N–H and O–H groups in total. The van der Waals surface area contributed by atoms with Gasteiger partial charge < -0.3 is 9.84 Å². The maximum absolute atomic E-state index is 10.7. The van der Waals surface area contributed by atoms with Crippen molar-refractivity contribution in [2.24, 2.45) is 11.8 Å². The monoisotopic (exact) mass is 158 g/mol. The number of carbonyl (C=O) groups excluding carboxylic acids is 1. The largest absolute Gasteiger partial charge is 0.469 e. The summed E-state index contributed by atoms with van der Waals surface area (Å²) in [6, 6.07) is 0. The highest BCUT2D eigenvalue weighted by Gasteiger charge is 2.30. The number of esters is 1. The van der Waals surface area contributed by atoms with E-state index < -0.39 is 0 Å². The summed E-state index contributed by atoms with van der Waals surface area (Å²) < 4.78 is 4.52. The molecule has 1 fully saturated rings. The van der Waals surface area contributed by atoms with E-state index in [4.69, 9.17) is 5.11 Å². The summed E-state index contributed by atoms with van der Waals surface area (Å²) in [4.78, 5) is 10.7. The van der Waals surface area contributed by atoms with Gasteiger partial charge in [0.15, 0.2) is 0 Å². The van der Waals surface area contributed by atoms with Crippen LogP contribution < -0.4 is 0 Å². The first-order valence-corrected chi connectivity index (χ1v) is 3.94. The lowest BCUT2D eigenvalue weighted by atomic mass is 9.74. The molecule has 0 aromatic carbocycles. The Morgan fingerprint density at radius 3 is 2.64 bits per heavy atom. The number of hydrogen-bond acceptors (Lipinski definition) is 3. The Balaban J connectivity index is 2.08. The van der Waals surface area contributed by atoms with Crippen LogP contribution in [0.1, 0.15) is 19.3 Å². The molecule has 0 amide bonds. The Bertz CT molecular complexity index is 138. The molecule has 64 valence electrons. The average molecular weight is 158 g/mol. The molecule has 1 saturated carbocycles. The van der Waals surface area contributed by atoms with Crippen LogP contribution in [0.3, 0.4) is 0 Å². The van der Waals surface area contributed by atoms with Crippen LogP contribution in [0.15, 0.2) is 0 Å². The van der Waals surface area contributed by atoms with Crippen LogP contribution in [-0.4, -0.2) is 24.8 Å². The molecule has 0 atom stereocenters. The number of aliphatic hydroxyl groups excluding tert-OH is 1. The summed E-state index contributed by atoms with van der Waals surface area (Å²) in [6.07, 6.45) is 2.48. The first-order valence-electron chi connectivity index (χ1n) is 3.94. The van der Waals surface area contributed by atoms with Gasteiger partial charge in [-0.15, -0.1) is 0 Å². The van der Waals surface area contributed by atoms with Crippen LogP contribution in [0, 0.1) is 11.8 Å². The minimum Gasteiger partial charge on any atom is -0.469 e. The number of hydrogen-bond donors (Lipinski definition) is 1. The summed E-state index contributed by atoms with van der Waals surface area (Å²) in [7, 11) is 1.41. The standard InChI is InChI=1S/C8H14O3/c1-11-8(10)4-6-2-7(3-6)5-9/h6-7,9H,2-5H2,1H3. The zero-order chi connectivity index (χ0) is 8.27. The van der Waals surface area contributed by atoms with Crippen LogP contribution in [0.2, 0.25) is 0 Å². The van der Waals surface area contributed by atoms with E-state index in [1.54, 1.807) is 0 Å². The molecule has 0 saturated heterocycles. The molecule has 3 nitrogen and oxygen atoms in total. The summed E-state index contributed by atoms with van der Waals surface area (Å²) >= 11 is 0. The lowest BCUT2D eigenvalue weighted by molar-refractivity contribution is -0.143. The van der Waals surface area contributed by atoms with Crippen molar-refractivity contribution in [3.8, 4) is 0 Å². The van der Waals surface area contributed by atoms with Crippen molar-refractivity contribution >= 4 is 5.97 Å². The highest BCUT2D eigenvalue weighted by Crippen LogP contribution is 2.35. The number of carbonyl (C=O) groups is 1. The summed E-state index contributed by atoms with van der Waals surface area (Å²) in [5.41, 5.74) is 0. The Morgan fingerprint density at radius 1 is 1.55 bits per heavy atom. The van der Waals surface area contributed by atoms with Crippen molar-refractivity contribution < 1.29 is 14.6 Å². The zero-order valence-electron chi connectivity index (χ0n) is 6.75. The molecule has 1 rings (SSSR count). The fourth-order valence-corrected chi connectivity index (χ4v) is 1.51. The minimum atomic E-state index is -0.133. The molecule has 0 unspecified atom stereocenters. The highest BCUT2D eigenvalue weighted by atomic mass is 16.5. The zero-order valence-corrected chi connectivity index (χ0v) is 6.75. The summed E-state index contributed by atoms with van der Waals surface area (Å²) in [5.74, 6) is 0.760. The van der Waals surface area contributed by atoms with Crippen LogP contribution in [0.4, 0.5) is 0 Å². The Kier molecular flexibility index (Phi) is 2.88. The predicted octanol–water partition coefficient (Wildman–Crippen LogP) is 0.568. The van der Waals surface area contributed by atoms with Crippen molar-refractivity contribution in [3.05, 3.63) is 0 Å². The first-order chi connectivity index (χ1) is 5.26. The summed E-state index contributed by atoms with van der Waals surface area (Å²) in [6.45, 7) is 0.262. The van der Waals surface area contributed by atoms with E-state index in [2.05, 4.69) is 4.74 Å². The average Bonchev–Trinajstić information content (AvgIpc) is 1.95. The second kappa shape index (κ2) is 3.72. The third kappa shape index (κ3) is 2.19. The van der Waals surface area contributed by atoms with Gasteiger partial charge in [-0.3, -0.25) is 4.79 Å². The van der Waals surface area contributed by atoms with Crippen LogP contribution in [-0.2, 0) is 9.53 Å². The predicted molar refractivity (Wildman–Crippen MR) is 39.9 cm³/mol. The van der Waals surface area contributed by atoms with Gasteiger partial charge >= 0.3 is 5.97 Å². The Morgan fingerprint density at radius 2 is 2.18 bits per heavy atom. The van der Waals surface area contributed by atoms with Gasteiger partial charge in [0.25, 0.3) is 0 Å². The number of rotatable bonds is 3. The second-order valence-corrected chi connectivity index (χ2v) is 3.17. The third-order valence-electron chi connectivity index (χ3n) is 2.27. The van der Waals surface area contributed by atoms with Gasteiger partial charge in [0.05, 0.1) is 7.11 Å². The molecule has 0 aliphatic heterocycles. The van der Waals surface area contributed by atoms with Crippen LogP contribution in [0.25, 0.3) is 0 Å². The molecule has 0 spiro atoms. The van der Waals surface area contributed by atoms with Crippen molar-refractivity contribution in [1.29, 1.82) is 0 Å². The van der Waals surface area contributed by atoms with Crippen molar-refractivity contribution in [3.63, 3.8) is 0 Å². The molecule has 1 aliphatic rings. The minimum absolute atomic E-state index is 0.133. The van der Waals surface area contributed by atoms with Crippen molar-refractivity contribution in [1.82, 2.24) is 0 Å². The van der Waals surface area contributed by atoms with Crippen molar-refractivity contribution in [2.45, 2.75) is 19.3 Å². The van der Waals surface area contributed by atoms with Gasteiger partial charge in [0.1, 0.15) is 0 Å². The fourth-order valence-electron chi connectivity index (χ4n) is 1.51. The van der Waals surface area contributed by atoms with Gasteiger partial charge in [0, 0.05) is 13.0 Å². The van der Waals surface area contributed by atoms with Crippen LogP contribution >= 0.6 is 0 Å². The molecule has 0 bridgehead atoms. The number of methoxy groups -OCH3 is 1. The maximum Gasteiger partial charge on any atom is 0.305 e. The van der Waals surface area contributed by atoms with Crippen LogP contribution in [0.5, 0.6) is 0 Å². The molecular weight excluding hydrogens is 144 g/mol. The molecule has 1 aliphatic carbocycles. The number of aliphatic hydroxyl groups is 1. The van der Waals surface area contributed by atoms with Gasteiger partial charge in [-0.25, -0.2) is 0 Å². The quantitative estimate of drug-likeness (QED) is 0.611. The third-order valence-corrected chi connectivity index (χ3v) is 2.27. The molecule has 0 heterocycles. The summed E-state index contributed by atoms with van der Waals surface area (Å²) in [5, 5.41) is 8.68. The molecule has 11 heavy (non-hydrogen) atoms. The first kappa shape index (κ1) is 8.53. The molecule has 3 heteroatoms. The molecular formula is C8H14O3. The van der Waals surface area contributed by atoms with E-state index in [9.17, 15) is 4.79 Å². The maximum atomic E-state index is 10.7. The van der Waals surface area contributed by atoms with Crippen molar-refractivity contribution in [2.75, 3.05) is 13.7 Å². The normalized spacial score (nSPS) is 29.3. The van der Waals surface area contributed by atoms with E-state index in [1.165, 1.54) is 7.11 Å². The van der Waals surface area contributed by atoms with E-state index in [1.807, 2.05) is 0 Å². The van der Waals surface area contributed by atoms with Gasteiger partial charge in [-0.2, -0.15) is 0 Å². The fraction of sp³-hybridized carbons (Fsp3) is 0.875. The number of ether oxygens (including phenoxy) is 1. The van der Waals surface area contributed by atoms with E-state index in [0.29, 0.717) is 18.3 Å². The highest BCUT2D eigenvalue weighted by molar-refractivity contribution is 5.69.